The lowest BCUT2D eigenvalue weighted by atomic mass is 10.2. The van der Waals surface area contributed by atoms with Crippen molar-refractivity contribution in [1.82, 2.24) is 19.7 Å². The molecule has 0 spiro atoms. The predicted molar refractivity (Wildman–Crippen MR) is 79.3 cm³/mol. The van der Waals surface area contributed by atoms with E-state index in [0.29, 0.717) is 22.9 Å². The summed E-state index contributed by atoms with van der Waals surface area (Å²) < 4.78 is 1.65. The van der Waals surface area contributed by atoms with Gasteiger partial charge in [-0.3, -0.25) is 10.1 Å². The fraction of sp³-hybridized carbons (Fsp3) is 0.154. The first kappa shape index (κ1) is 13.5. The van der Waals surface area contributed by atoms with E-state index in [1.807, 2.05) is 6.26 Å². The van der Waals surface area contributed by atoms with Crippen molar-refractivity contribution in [2.75, 3.05) is 6.26 Å². The molecule has 7 nitrogen and oxygen atoms in total. The van der Waals surface area contributed by atoms with Crippen molar-refractivity contribution in [3.05, 3.63) is 52.3 Å². The topological polar surface area (TPSA) is 86.7 Å². The fourth-order valence-corrected chi connectivity index (χ4v) is 2.38. The van der Waals surface area contributed by atoms with Crippen molar-refractivity contribution in [2.45, 2.75) is 11.7 Å². The van der Waals surface area contributed by atoms with E-state index in [2.05, 4.69) is 15.1 Å². The van der Waals surface area contributed by atoms with Gasteiger partial charge in [0.1, 0.15) is 0 Å². The number of thioether (sulfide) groups is 1. The maximum atomic E-state index is 11.1. The molecule has 0 bridgehead atoms. The zero-order valence-electron chi connectivity index (χ0n) is 11.1. The number of nitro groups is 1. The van der Waals surface area contributed by atoms with Gasteiger partial charge in [0.05, 0.1) is 28.6 Å². The van der Waals surface area contributed by atoms with Gasteiger partial charge in [-0.25, -0.2) is 14.6 Å². The van der Waals surface area contributed by atoms with Gasteiger partial charge in [-0.05, 0) is 6.26 Å². The van der Waals surface area contributed by atoms with E-state index in [4.69, 9.17) is 0 Å². The highest BCUT2D eigenvalue weighted by Crippen LogP contribution is 2.21. The Morgan fingerprint density at radius 3 is 2.90 bits per heavy atom. The lowest BCUT2D eigenvalue weighted by Gasteiger charge is -2.04. The van der Waals surface area contributed by atoms with Crippen LogP contribution in [0.25, 0.3) is 11.0 Å². The summed E-state index contributed by atoms with van der Waals surface area (Å²) in [6.45, 7) is 0.297. The second kappa shape index (κ2) is 5.49. The maximum Gasteiger partial charge on any atom is 0.274 e. The molecule has 0 unspecified atom stereocenters. The number of para-hydroxylation sites is 1. The lowest BCUT2D eigenvalue weighted by molar-refractivity contribution is -0.385. The lowest BCUT2D eigenvalue weighted by Crippen LogP contribution is -2.05. The Balaban J connectivity index is 2.04. The van der Waals surface area contributed by atoms with Crippen LogP contribution >= 0.6 is 11.8 Å². The third-order valence-corrected chi connectivity index (χ3v) is 3.61. The molecule has 0 amide bonds. The minimum Gasteiger partial charge on any atom is -0.258 e. The molecule has 8 heteroatoms. The van der Waals surface area contributed by atoms with Crippen molar-refractivity contribution in [1.29, 1.82) is 0 Å². The van der Waals surface area contributed by atoms with Gasteiger partial charge in [0.15, 0.2) is 10.8 Å². The molecule has 106 valence electrons. The highest BCUT2D eigenvalue weighted by Gasteiger charge is 2.15. The average Bonchev–Trinajstić information content (AvgIpc) is 2.90. The highest BCUT2D eigenvalue weighted by molar-refractivity contribution is 7.98. The standard InChI is InChI=1S/C13H11N5O2S/c1-21-13-14-6-10-7-15-17(12(10)16-13)8-9-4-2-3-5-11(9)18(19)20/h2-7H,8H2,1H3. The first-order chi connectivity index (χ1) is 10.2. The summed E-state index contributed by atoms with van der Waals surface area (Å²) in [5.41, 5.74) is 1.35. The summed E-state index contributed by atoms with van der Waals surface area (Å²) in [4.78, 5) is 19.3. The van der Waals surface area contributed by atoms with E-state index in [9.17, 15) is 10.1 Å². The van der Waals surface area contributed by atoms with Crippen molar-refractivity contribution in [3.63, 3.8) is 0 Å². The first-order valence-electron chi connectivity index (χ1n) is 6.14. The van der Waals surface area contributed by atoms with E-state index in [1.54, 1.807) is 35.3 Å². The molecular formula is C13H11N5O2S. The minimum atomic E-state index is -0.386. The highest BCUT2D eigenvalue weighted by atomic mass is 32.2. The number of nitro benzene ring substituents is 1. The Kier molecular flexibility index (Phi) is 3.53. The quantitative estimate of drug-likeness (QED) is 0.318. The molecule has 1 aromatic carbocycles. The zero-order valence-corrected chi connectivity index (χ0v) is 11.9. The molecule has 0 fully saturated rings. The number of aromatic nitrogens is 4. The summed E-state index contributed by atoms with van der Waals surface area (Å²) >= 11 is 1.44. The number of fused-ring (bicyclic) bond motifs is 1. The number of benzene rings is 1. The Hall–Kier alpha value is -2.48. The smallest absolute Gasteiger partial charge is 0.258 e. The maximum absolute atomic E-state index is 11.1. The SMILES string of the molecule is CSc1ncc2cnn(Cc3ccccc3[N+](=O)[O-])c2n1. The monoisotopic (exact) mass is 301 g/mol. The molecule has 2 aromatic heterocycles. The largest absolute Gasteiger partial charge is 0.274 e. The molecule has 2 heterocycles. The Morgan fingerprint density at radius 1 is 1.33 bits per heavy atom. The van der Waals surface area contributed by atoms with Crippen LogP contribution in [0.5, 0.6) is 0 Å². The fourth-order valence-electron chi connectivity index (χ4n) is 2.05. The summed E-state index contributed by atoms with van der Waals surface area (Å²) in [6.07, 6.45) is 5.26. The zero-order chi connectivity index (χ0) is 14.8. The third kappa shape index (κ3) is 2.57. The van der Waals surface area contributed by atoms with Gasteiger partial charge < -0.3 is 0 Å². The van der Waals surface area contributed by atoms with Crippen molar-refractivity contribution >= 4 is 28.5 Å². The summed E-state index contributed by atoms with van der Waals surface area (Å²) in [6, 6.07) is 6.64. The number of rotatable bonds is 4. The molecule has 0 aliphatic heterocycles. The van der Waals surface area contributed by atoms with E-state index in [-0.39, 0.29) is 10.6 Å². The second-order valence-corrected chi connectivity index (χ2v) is 5.10. The Bertz CT molecular complexity index is 817. The molecule has 0 aliphatic rings. The summed E-state index contributed by atoms with van der Waals surface area (Å²) in [7, 11) is 0. The van der Waals surface area contributed by atoms with Gasteiger partial charge in [0.25, 0.3) is 5.69 Å². The van der Waals surface area contributed by atoms with Crippen LogP contribution in [0, 0.1) is 10.1 Å². The molecule has 21 heavy (non-hydrogen) atoms. The van der Waals surface area contributed by atoms with Gasteiger partial charge in [-0.15, -0.1) is 0 Å². The molecule has 0 saturated heterocycles. The molecular weight excluding hydrogens is 290 g/mol. The van der Waals surface area contributed by atoms with Crippen LogP contribution in [0.2, 0.25) is 0 Å². The molecule has 0 aliphatic carbocycles. The van der Waals surface area contributed by atoms with Gasteiger partial charge in [-0.1, -0.05) is 30.0 Å². The van der Waals surface area contributed by atoms with Gasteiger partial charge in [-0.2, -0.15) is 5.10 Å². The van der Waals surface area contributed by atoms with Crippen LogP contribution in [-0.4, -0.2) is 30.9 Å². The van der Waals surface area contributed by atoms with Gasteiger partial charge in [0.2, 0.25) is 0 Å². The van der Waals surface area contributed by atoms with Crippen LogP contribution < -0.4 is 0 Å². The van der Waals surface area contributed by atoms with Crippen molar-refractivity contribution in [3.8, 4) is 0 Å². The normalized spacial score (nSPS) is 10.9. The molecule has 3 rings (SSSR count). The van der Waals surface area contributed by atoms with Crippen molar-refractivity contribution in [2.24, 2.45) is 0 Å². The van der Waals surface area contributed by atoms with Gasteiger partial charge in [0, 0.05) is 12.3 Å². The number of nitrogens with zero attached hydrogens (tertiary/aromatic N) is 5. The average molecular weight is 301 g/mol. The molecule has 0 saturated carbocycles. The Morgan fingerprint density at radius 2 is 2.14 bits per heavy atom. The summed E-state index contributed by atoms with van der Waals surface area (Å²) in [5, 5.41) is 16.8. The van der Waals surface area contributed by atoms with E-state index >= 15 is 0 Å². The molecule has 0 atom stereocenters. The minimum absolute atomic E-state index is 0.0836. The van der Waals surface area contributed by atoms with Crippen LogP contribution in [0.3, 0.4) is 0 Å². The van der Waals surface area contributed by atoms with E-state index in [0.717, 1.165) is 5.39 Å². The van der Waals surface area contributed by atoms with Crippen LogP contribution in [-0.2, 0) is 6.54 Å². The number of hydrogen-bond acceptors (Lipinski definition) is 6. The molecule has 0 radical (unpaired) electrons. The number of hydrogen-bond donors (Lipinski definition) is 0. The van der Waals surface area contributed by atoms with Crippen molar-refractivity contribution < 1.29 is 4.92 Å². The first-order valence-corrected chi connectivity index (χ1v) is 7.36. The molecule has 3 aromatic rings. The molecule has 0 N–H and O–H groups in total. The van der Waals surface area contributed by atoms with Gasteiger partial charge >= 0.3 is 0 Å². The summed E-state index contributed by atoms with van der Waals surface area (Å²) in [5.74, 6) is 0. The Labute approximate surface area is 124 Å². The predicted octanol–water partition coefficient (Wildman–Crippen LogP) is 2.50. The van der Waals surface area contributed by atoms with E-state index < -0.39 is 0 Å². The van der Waals surface area contributed by atoms with Crippen LogP contribution in [0.4, 0.5) is 5.69 Å². The third-order valence-electron chi connectivity index (χ3n) is 3.05. The van der Waals surface area contributed by atoms with Crippen LogP contribution in [0.1, 0.15) is 5.56 Å². The second-order valence-electron chi connectivity index (χ2n) is 4.32. The van der Waals surface area contributed by atoms with E-state index in [1.165, 1.54) is 17.8 Å². The van der Waals surface area contributed by atoms with Crippen LogP contribution in [0.15, 0.2) is 41.8 Å².